The molecule has 0 atom stereocenters. The third-order valence-electron chi connectivity index (χ3n) is 3.49. The highest BCUT2D eigenvalue weighted by molar-refractivity contribution is 9.10. The van der Waals surface area contributed by atoms with E-state index in [2.05, 4.69) is 39.4 Å². The van der Waals surface area contributed by atoms with Crippen molar-refractivity contribution < 1.29 is 9.47 Å². The summed E-state index contributed by atoms with van der Waals surface area (Å²) >= 11 is 9.44. The standard InChI is InChI=1S/C19H23BrClNO2/c1-13(2)24-19-15(10-16(20)11-18(19)23-3)12-22-9-8-14-4-6-17(21)7-5-14/h4-7,10-11,13,22H,8-9,12H2,1-3H3. The molecular formula is C19H23BrClNO2. The van der Waals surface area contributed by atoms with Crippen LogP contribution in [-0.2, 0) is 13.0 Å². The third kappa shape index (κ3) is 5.69. The maximum atomic E-state index is 5.95. The molecule has 130 valence electrons. The quantitative estimate of drug-likeness (QED) is 0.602. The minimum atomic E-state index is 0.0906. The fourth-order valence-electron chi connectivity index (χ4n) is 2.38. The van der Waals surface area contributed by atoms with E-state index >= 15 is 0 Å². The number of rotatable bonds is 8. The zero-order valence-corrected chi connectivity index (χ0v) is 16.6. The lowest BCUT2D eigenvalue weighted by Gasteiger charge is -2.18. The molecule has 24 heavy (non-hydrogen) atoms. The fourth-order valence-corrected chi connectivity index (χ4v) is 2.99. The molecule has 0 bridgehead atoms. The van der Waals surface area contributed by atoms with Gasteiger partial charge in [-0.1, -0.05) is 39.7 Å². The van der Waals surface area contributed by atoms with Gasteiger partial charge in [-0.3, -0.25) is 0 Å². The van der Waals surface area contributed by atoms with Gasteiger partial charge in [0.2, 0.25) is 0 Å². The lowest BCUT2D eigenvalue weighted by Crippen LogP contribution is -2.18. The van der Waals surface area contributed by atoms with E-state index in [1.165, 1.54) is 5.56 Å². The number of halogens is 2. The van der Waals surface area contributed by atoms with Gasteiger partial charge in [0.05, 0.1) is 13.2 Å². The Hall–Kier alpha value is -1.23. The van der Waals surface area contributed by atoms with Crippen molar-refractivity contribution in [3.8, 4) is 11.5 Å². The van der Waals surface area contributed by atoms with Crippen molar-refractivity contribution in [2.24, 2.45) is 0 Å². The molecule has 0 saturated carbocycles. The molecule has 2 aromatic rings. The molecule has 0 amide bonds. The summed E-state index contributed by atoms with van der Waals surface area (Å²) in [4.78, 5) is 0. The lowest BCUT2D eigenvalue weighted by molar-refractivity contribution is 0.227. The van der Waals surface area contributed by atoms with Crippen molar-refractivity contribution in [2.75, 3.05) is 13.7 Å². The number of methoxy groups -OCH3 is 1. The average molecular weight is 413 g/mol. The van der Waals surface area contributed by atoms with E-state index < -0.39 is 0 Å². The second kappa shape index (κ2) is 9.30. The van der Waals surface area contributed by atoms with Crippen LogP contribution in [0, 0.1) is 0 Å². The minimum absolute atomic E-state index is 0.0906. The molecule has 0 aliphatic carbocycles. The van der Waals surface area contributed by atoms with Gasteiger partial charge >= 0.3 is 0 Å². The predicted molar refractivity (Wildman–Crippen MR) is 103 cm³/mol. The molecule has 0 aliphatic rings. The molecule has 0 saturated heterocycles. The number of nitrogens with one attached hydrogen (secondary N) is 1. The summed E-state index contributed by atoms with van der Waals surface area (Å²) in [5.41, 5.74) is 2.34. The Morgan fingerprint density at radius 3 is 2.50 bits per heavy atom. The van der Waals surface area contributed by atoms with E-state index in [1.54, 1.807) is 7.11 Å². The van der Waals surface area contributed by atoms with Crippen molar-refractivity contribution >= 4 is 27.5 Å². The van der Waals surface area contributed by atoms with Crippen molar-refractivity contribution in [1.82, 2.24) is 5.32 Å². The Morgan fingerprint density at radius 2 is 1.88 bits per heavy atom. The molecule has 0 radical (unpaired) electrons. The molecule has 0 spiro atoms. The van der Waals surface area contributed by atoms with Crippen LogP contribution in [0.2, 0.25) is 5.02 Å². The highest BCUT2D eigenvalue weighted by atomic mass is 79.9. The molecular weight excluding hydrogens is 390 g/mol. The van der Waals surface area contributed by atoms with Crippen LogP contribution < -0.4 is 14.8 Å². The Bertz CT molecular complexity index is 659. The summed E-state index contributed by atoms with van der Waals surface area (Å²) < 4.78 is 12.4. The average Bonchev–Trinajstić information content (AvgIpc) is 2.54. The zero-order chi connectivity index (χ0) is 17.5. The lowest BCUT2D eigenvalue weighted by atomic mass is 10.1. The summed E-state index contributed by atoms with van der Waals surface area (Å²) in [7, 11) is 1.66. The highest BCUT2D eigenvalue weighted by Gasteiger charge is 2.14. The molecule has 0 fully saturated rings. The van der Waals surface area contributed by atoms with Crippen molar-refractivity contribution in [3.63, 3.8) is 0 Å². The minimum Gasteiger partial charge on any atom is -0.493 e. The normalized spacial score (nSPS) is 10.9. The van der Waals surface area contributed by atoms with Crippen molar-refractivity contribution in [3.05, 3.63) is 57.0 Å². The summed E-state index contributed by atoms with van der Waals surface area (Å²) in [6.07, 6.45) is 1.04. The SMILES string of the molecule is COc1cc(Br)cc(CNCCc2ccc(Cl)cc2)c1OC(C)C. The molecule has 0 aromatic heterocycles. The van der Waals surface area contributed by atoms with Gasteiger partial charge in [-0.25, -0.2) is 0 Å². The first kappa shape index (κ1) is 19.1. The maximum absolute atomic E-state index is 5.95. The molecule has 2 rings (SSSR count). The van der Waals surface area contributed by atoms with Gasteiger partial charge in [-0.05, 0) is 56.6 Å². The van der Waals surface area contributed by atoms with E-state index in [0.29, 0.717) is 6.54 Å². The van der Waals surface area contributed by atoms with E-state index in [-0.39, 0.29) is 6.10 Å². The predicted octanol–water partition coefficient (Wildman–Crippen LogP) is 5.23. The fraction of sp³-hybridized carbons (Fsp3) is 0.368. The summed E-state index contributed by atoms with van der Waals surface area (Å²) in [6.45, 7) is 5.61. The number of ether oxygens (including phenoxy) is 2. The number of hydrogen-bond acceptors (Lipinski definition) is 3. The molecule has 0 aliphatic heterocycles. The van der Waals surface area contributed by atoms with Crippen LogP contribution in [-0.4, -0.2) is 19.8 Å². The molecule has 5 heteroatoms. The van der Waals surface area contributed by atoms with E-state index in [9.17, 15) is 0 Å². The van der Waals surface area contributed by atoms with Gasteiger partial charge in [0.1, 0.15) is 0 Å². The zero-order valence-electron chi connectivity index (χ0n) is 14.2. The van der Waals surface area contributed by atoms with Crippen molar-refractivity contribution in [2.45, 2.75) is 32.9 Å². The Labute approximate surface area is 157 Å². The van der Waals surface area contributed by atoms with Crippen molar-refractivity contribution in [1.29, 1.82) is 0 Å². The van der Waals surface area contributed by atoms with Gasteiger partial charge in [0, 0.05) is 21.6 Å². The topological polar surface area (TPSA) is 30.5 Å². The summed E-state index contributed by atoms with van der Waals surface area (Å²) in [5.74, 6) is 1.54. The Balaban J connectivity index is 2.00. The second-order valence-electron chi connectivity index (χ2n) is 5.82. The van der Waals surface area contributed by atoms with Crippen LogP contribution in [0.25, 0.3) is 0 Å². The molecule has 1 N–H and O–H groups in total. The van der Waals surface area contributed by atoms with Crippen LogP contribution in [0.5, 0.6) is 11.5 Å². The van der Waals surface area contributed by atoms with E-state index in [0.717, 1.165) is 39.5 Å². The first-order valence-corrected chi connectivity index (χ1v) is 9.15. The Kier molecular flexibility index (Phi) is 7.40. The number of benzene rings is 2. The molecule has 0 unspecified atom stereocenters. The van der Waals surface area contributed by atoms with Gasteiger partial charge in [-0.2, -0.15) is 0 Å². The smallest absolute Gasteiger partial charge is 0.166 e. The summed E-state index contributed by atoms with van der Waals surface area (Å²) in [5, 5.41) is 4.23. The second-order valence-corrected chi connectivity index (χ2v) is 7.17. The highest BCUT2D eigenvalue weighted by Crippen LogP contribution is 2.35. The van der Waals surface area contributed by atoms with Crippen LogP contribution in [0.4, 0.5) is 0 Å². The van der Waals surface area contributed by atoms with Crippen LogP contribution in [0.15, 0.2) is 40.9 Å². The third-order valence-corrected chi connectivity index (χ3v) is 4.20. The molecule has 3 nitrogen and oxygen atoms in total. The molecule has 2 aromatic carbocycles. The van der Waals surface area contributed by atoms with Crippen LogP contribution in [0.3, 0.4) is 0 Å². The maximum Gasteiger partial charge on any atom is 0.166 e. The number of hydrogen-bond donors (Lipinski definition) is 1. The van der Waals surface area contributed by atoms with E-state index in [1.807, 2.05) is 32.0 Å². The van der Waals surface area contributed by atoms with E-state index in [4.69, 9.17) is 21.1 Å². The van der Waals surface area contributed by atoms with Gasteiger partial charge in [0.25, 0.3) is 0 Å². The largest absolute Gasteiger partial charge is 0.493 e. The molecule has 0 heterocycles. The Morgan fingerprint density at radius 1 is 1.17 bits per heavy atom. The first-order chi connectivity index (χ1) is 11.5. The van der Waals surface area contributed by atoms with Crippen LogP contribution in [0.1, 0.15) is 25.0 Å². The first-order valence-electron chi connectivity index (χ1n) is 7.98. The van der Waals surface area contributed by atoms with Gasteiger partial charge in [0.15, 0.2) is 11.5 Å². The summed E-state index contributed by atoms with van der Waals surface area (Å²) in [6, 6.07) is 11.9. The van der Waals surface area contributed by atoms with Gasteiger partial charge in [-0.15, -0.1) is 0 Å². The van der Waals surface area contributed by atoms with Gasteiger partial charge < -0.3 is 14.8 Å². The van der Waals surface area contributed by atoms with Crippen LogP contribution >= 0.6 is 27.5 Å². The monoisotopic (exact) mass is 411 g/mol.